The van der Waals surface area contributed by atoms with Crippen LogP contribution in [0.5, 0.6) is 5.88 Å². The van der Waals surface area contributed by atoms with E-state index in [1.165, 1.54) is 0 Å². The fraction of sp³-hybridized carbons (Fsp3) is 0.273. The number of aryl methyl sites for hydroxylation is 1. The van der Waals surface area contributed by atoms with E-state index in [-0.39, 0.29) is 5.15 Å². The van der Waals surface area contributed by atoms with Gasteiger partial charge in [-0.3, -0.25) is 0 Å². The predicted molar refractivity (Wildman–Crippen MR) is 76.4 cm³/mol. The molecular formula is C11H11Cl3N4O. The lowest BCUT2D eigenvalue weighted by Crippen LogP contribution is -2.03. The topological polar surface area (TPSA) is 52.0 Å². The van der Waals surface area contributed by atoms with Gasteiger partial charge in [-0.1, -0.05) is 34.8 Å². The molecule has 8 heteroatoms. The third-order valence-corrected chi connectivity index (χ3v) is 3.38. The summed E-state index contributed by atoms with van der Waals surface area (Å²) >= 11 is 17.7. The van der Waals surface area contributed by atoms with E-state index in [2.05, 4.69) is 15.4 Å². The van der Waals surface area contributed by atoms with E-state index < -0.39 is 0 Å². The molecule has 102 valence electrons. The molecular weight excluding hydrogens is 311 g/mol. The number of nitrogens with one attached hydrogen (secondary N) is 1. The fourth-order valence-corrected chi connectivity index (χ4v) is 2.09. The number of hydrogen-bond donors (Lipinski definition) is 1. The molecule has 0 saturated heterocycles. The van der Waals surface area contributed by atoms with Gasteiger partial charge < -0.3 is 10.1 Å². The molecule has 0 spiro atoms. The minimum atomic E-state index is 0.201. The van der Waals surface area contributed by atoms with Crippen LogP contribution in [0.2, 0.25) is 15.2 Å². The number of aromatic nitrogens is 3. The lowest BCUT2D eigenvalue weighted by molar-refractivity contribution is 0.373. The molecule has 0 amide bonds. The Morgan fingerprint density at radius 3 is 2.63 bits per heavy atom. The lowest BCUT2D eigenvalue weighted by Gasteiger charge is -2.06. The van der Waals surface area contributed by atoms with Crippen LogP contribution in [0, 0.1) is 0 Å². The maximum absolute atomic E-state index is 6.01. The van der Waals surface area contributed by atoms with Crippen LogP contribution in [0.1, 0.15) is 5.69 Å². The largest absolute Gasteiger partial charge is 0.481 e. The summed E-state index contributed by atoms with van der Waals surface area (Å²) in [6.07, 6.45) is 0. The SMILES string of the molecule is COc1cc(CNc2nc(Cl)c(Cl)cc2Cl)nn1C. The summed E-state index contributed by atoms with van der Waals surface area (Å²) < 4.78 is 6.77. The van der Waals surface area contributed by atoms with Crippen molar-refractivity contribution in [1.29, 1.82) is 0 Å². The molecule has 0 saturated carbocycles. The zero-order chi connectivity index (χ0) is 14.0. The number of nitrogens with zero attached hydrogens (tertiary/aromatic N) is 3. The Balaban J connectivity index is 2.12. The average Bonchev–Trinajstić information content (AvgIpc) is 2.73. The Labute approximate surface area is 125 Å². The Bertz CT molecular complexity index is 600. The summed E-state index contributed by atoms with van der Waals surface area (Å²) in [5.74, 6) is 1.13. The number of rotatable bonds is 4. The van der Waals surface area contributed by atoms with Gasteiger partial charge in [-0.15, -0.1) is 0 Å². The number of pyridine rings is 1. The van der Waals surface area contributed by atoms with Gasteiger partial charge in [0.05, 0.1) is 29.4 Å². The highest BCUT2D eigenvalue weighted by Gasteiger charge is 2.09. The smallest absolute Gasteiger partial charge is 0.211 e. The van der Waals surface area contributed by atoms with E-state index >= 15 is 0 Å². The highest BCUT2D eigenvalue weighted by molar-refractivity contribution is 6.42. The molecule has 0 aliphatic rings. The predicted octanol–water partition coefficient (Wildman–Crippen LogP) is 3.40. The molecule has 0 aliphatic heterocycles. The van der Waals surface area contributed by atoms with Crippen LogP contribution in [0.15, 0.2) is 12.1 Å². The van der Waals surface area contributed by atoms with Crippen LogP contribution in [0.4, 0.5) is 5.82 Å². The molecule has 0 atom stereocenters. The maximum Gasteiger partial charge on any atom is 0.211 e. The Morgan fingerprint density at radius 2 is 2.00 bits per heavy atom. The van der Waals surface area contributed by atoms with Gasteiger partial charge in [0.1, 0.15) is 11.0 Å². The molecule has 2 aromatic heterocycles. The molecule has 19 heavy (non-hydrogen) atoms. The van der Waals surface area contributed by atoms with Crippen molar-refractivity contribution in [2.75, 3.05) is 12.4 Å². The first kappa shape index (κ1) is 14.2. The van der Waals surface area contributed by atoms with Crippen LogP contribution in [0.3, 0.4) is 0 Å². The summed E-state index contributed by atoms with van der Waals surface area (Å²) in [6, 6.07) is 3.36. The van der Waals surface area contributed by atoms with Gasteiger partial charge in [0, 0.05) is 13.1 Å². The van der Waals surface area contributed by atoms with Gasteiger partial charge in [-0.2, -0.15) is 5.10 Å². The number of ether oxygens (including phenoxy) is 1. The van der Waals surface area contributed by atoms with E-state index in [4.69, 9.17) is 39.5 Å². The van der Waals surface area contributed by atoms with Crippen molar-refractivity contribution >= 4 is 40.6 Å². The summed E-state index contributed by atoms with van der Waals surface area (Å²) in [5, 5.41) is 8.23. The minimum absolute atomic E-state index is 0.201. The normalized spacial score (nSPS) is 10.6. The number of hydrogen-bond acceptors (Lipinski definition) is 4. The molecule has 0 radical (unpaired) electrons. The molecule has 0 unspecified atom stereocenters. The van der Waals surface area contributed by atoms with Crippen LogP contribution >= 0.6 is 34.8 Å². The van der Waals surface area contributed by atoms with Crippen LogP contribution < -0.4 is 10.1 Å². The monoisotopic (exact) mass is 320 g/mol. The summed E-state index contributed by atoms with van der Waals surface area (Å²) in [5.41, 5.74) is 0.795. The third-order valence-electron chi connectivity index (χ3n) is 2.42. The van der Waals surface area contributed by atoms with Gasteiger partial charge in [0.2, 0.25) is 5.88 Å². The first-order chi connectivity index (χ1) is 9.01. The standard InChI is InChI=1S/C11H11Cl3N4O/c1-18-9(19-2)3-6(17-18)5-15-11-8(13)4-7(12)10(14)16-11/h3-4H,5H2,1-2H3,(H,15,16). The highest BCUT2D eigenvalue weighted by Crippen LogP contribution is 2.29. The molecule has 2 heterocycles. The van der Waals surface area contributed by atoms with E-state index in [1.807, 2.05) is 6.07 Å². The zero-order valence-corrected chi connectivity index (χ0v) is 12.5. The van der Waals surface area contributed by atoms with Crippen molar-refractivity contribution in [2.24, 2.45) is 7.05 Å². The quantitative estimate of drug-likeness (QED) is 0.877. The maximum atomic E-state index is 6.01. The van der Waals surface area contributed by atoms with Crippen molar-refractivity contribution in [3.05, 3.63) is 33.0 Å². The first-order valence-corrected chi connectivity index (χ1v) is 6.47. The summed E-state index contributed by atoms with van der Waals surface area (Å²) in [7, 11) is 3.39. The Hall–Kier alpha value is -1.17. The van der Waals surface area contributed by atoms with E-state index in [1.54, 1.807) is 24.9 Å². The van der Waals surface area contributed by atoms with Crippen LogP contribution in [-0.2, 0) is 13.6 Å². The molecule has 2 rings (SSSR count). The van der Waals surface area contributed by atoms with Crippen LogP contribution in [0.25, 0.3) is 0 Å². The molecule has 5 nitrogen and oxygen atoms in total. The average molecular weight is 322 g/mol. The van der Waals surface area contributed by atoms with Crippen molar-refractivity contribution < 1.29 is 4.74 Å². The van der Waals surface area contributed by atoms with Crippen molar-refractivity contribution in [2.45, 2.75) is 6.54 Å². The van der Waals surface area contributed by atoms with Crippen molar-refractivity contribution in [3.8, 4) is 5.88 Å². The third kappa shape index (κ3) is 3.23. The van der Waals surface area contributed by atoms with Gasteiger partial charge in [0.25, 0.3) is 0 Å². The van der Waals surface area contributed by atoms with Gasteiger partial charge in [-0.05, 0) is 6.07 Å². The second-order valence-corrected chi connectivity index (χ2v) is 4.92. The number of methoxy groups -OCH3 is 1. The second kappa shape index (κ2) is 5.86. The fourth-order valence-electron chi connectivity index (χ4n) is 1.53. The number of halogens is 3. The molecule has 2 aromatic rings. The molecule has 0 aromatic carbocycles. The molecule has 0 fully saturated rings. The van der Waals surface area contributed by atoms with Crippen LogP contribution in [-0.4, -0.2) is 21.9 Å². The minimum Gasteiger partial charge on any atom is -0.481 e. The summed E-state index contributed by atoms with van der Waals surface area (Å²) in [4.78, 5) is 4.06. The molecule has 1 N–H and O–H groups in total. The molecule has 0 bridgehead atoms. The van der Waals surface area contributed by atoms with E-state index in [0.29, 0.717) is 28.3 Å². The Kier molecular flexibility index (Phi) is 4.39. The van der Waals surface area contributed by atoms with Gasteiger partial charge in [-0.25, -0.2) is 9.67 Å². The number of anilines is 1. The summed E-state index contributed by atoms with van der Waals surface area (Å²) in [6.45, 7) is 0.446. The van der Waals surface area contributed by atoms with Gasteiger partial charge >= 0.3 is 0 Å². The first-order valence-electron chi connectivity index (χ1n) is 5.33. The second-order valence-electron chi connectivity index (χ2n) is 3.75. The zero-order valence-electron chi connectivity index (χ0n) is 10.2. The van der Waals surface area contributed by atoms with E-state index in [9.17, 15) is 0 Å². The van der Waals surface area contributed by atoms with Crippen molar-refractivity contribution in [1.82, 2.24) is 14.8 Å². The molecule has 0 aliphatic carbocycles. The lowest BCUT2D eigenvalue weighted by atomic mass is 10.4. The van der Waals surface area contributed by atoms with Crippen molar-refractivity contribution in [3.63, 3.8) is 0 Å². The Morgan fingerprint density at radius 1 is 1.26 bits per heavy atom. The highest BCUT2D eigenvalue weighted by atomic mass is 35.5. The van der Waals surface area contributed by atoms with Gasteiger partial charge in [0.15, 0.2) is 0 Å². The van der Waals surface area contributed by atoms with E-state index in [0.717, 1.165) is 5.69 Å².